The molecular formula is C14H11ClO4. The van der Waals surface area contributed by atoms with Crippen LogP contribution in [0.3, 0.4) is 0 Å². The fraction of sp³-hybridized carbons (Fsp3) is 0.143. The van der Waals surface area contributed by atoms with E-state index in [1.54, 1.807) is 25.1 Å². The van der Waals surface area contributed by atoms with E-state index >= 15 is 0 Å². The monoisotopic (exact) mass is 278 g/mol. The Morgan fingerprint density at radius 3 is 2.58 bits per heavy atom. The molecule has 0 spiro atoms. The Bertz CT molecular complexity index is 664. The van der Waals surface area contributed by atoms with Crippen LogP contribution in [0.2, 0.25) is 0 Å². The summed E-state index contributed by atoms with van der Waals surface area (Å²) in [5.41, 5.74) is 0.392. The van der Waals surface area contributed by atoms with Gasteiger partial charge in [0.25, 0.3) is 5.24 Å². The number of halogens is 1. The molecule has 0 aliphatic rings. The van der Waals surface area contributed by atoms with Crippen molar-refractivity contribution in [3.05, 3.63) is 41.5 Å². The molecule has 1 N–H and O–H groups in total. The van der Waals surface area contributed by atoms with E-state index in [0.29, 0.717) is 16.3 Å². The predicted octanol–water partition coefficient (Wildman–Crippen LogP) is 3.10. The molecule has 98 valence electrons. The van der Waals surface area contributed by atoms with Crippen LogP contribution in [-0.4, -0.2) is 22.9 Å². The Labute approximate surface area is 114 Å². The van der Waals surface area contributed by atoms with Crippen molar-refractivity contribution in [2.45, 2.75) is 6.92 Å². The van der Waals surface area contributed by atoms with Crippen LogP contribution in [-0.2, 0) is 4.74 Å². The van der Waals surface area contributed by atoms with Crippen molar-refractivity contribution in [1.82, 2.24) is 0 Å². The van der Waals surface area contributed by atoms with Crippen molar-refractivity contribution < 1.29 is 19.4 Å². The molecule has 0 aliphatic heterocycles. The Morgan fingerprint density at radius 1 is 1.21 bits per heavy atom. The van der Waals surface area contributed by atoms with Gasteiger partial charge in [-0.2, -0.15) is 0 Å². The number of hydrogen-bond acceptors (Lipinski definition) is 4. The maximum Gasteiger partial charge on any atom is 0.341 e. The number of esters is 1. The first-order valence-corrected chi connectivity index (χ1v) is 6.04. The molecule has 4 nitrogen and oxygen atoms in total. The van der Waals surface area contributed by atoms with Crippen molar-refractivity contribution in [2.75, 3.05) is 6.61 Å². The van der Waals surface area contributed by atoms with Crippen molar-refractivity contribution in [3.8, 4) is 5.75 Å². The number of benzene rings is 2. The lowest BCUT2D eigenvalue weighted by Gasteiger charge is -2.07. The summed E-state index contributed by atoms with van der Waals surface area (Å²) in [6.07, 6.45) is 0. The Hall–Kier alpha value is -2.07. The van der Waals surface area contributed by atoms with E-state index in [1.807, 2.05) is 0 Å². The van der Waals surface area contributed by atoms with E-state index < -0.39 is 11.2 Å². The van der Waals surface area contributed by atoms with Crippen molar-refractivity contribution in [1.29, 1.82) is 0 Å². The standard InChI is InChI=1S/C14H11ClO4/c1-2-19-14(18)11-6-10-5-9(13(15)17)4-3-8(10)7-12(11)16/h3-7,16H,2H2,1H3. The molecule has 2 aromatic rings. The number of carbonyl (C=O) groups excluding carboxylic acids is 2. The van der Waals surface area contributed by atoms with Crippen molar-refractivity contribution in [2.24, 2.45) is 0 Å². The van der Waals surface area contributed by atoms with E-state index in [2.05, 4.69) is 0 Å². The van der Waals surface area contributed by atoms with E-state index in [9.17, 15) is 14.7 Å². The molecule has 0 fully saturated rings. The molecule has 0 bridgehead atoms. The van der Waals surface area contributed by atoms with Crippen molar-refractivity contribution >= 4 is 33.6 Å². The Kier molecular flexibility index (Phi) is 3.71. The SMILES string of the molecule is CCOC(=O)c1cc2cc(C(=O)Cl)ccc2cc1O. The highest BCUT2D eigenvalue weighted by atomic mass is 35.5. The second kappa shape index (κ2) is 5.28. The number of hydrogen-bond donors (Lipinski definition) is 1. The average Bonchev–Trinajstić information content (AvgIpc) is 2.37. The van der Waals surface area contributed by atoms with Crippen LogP contribution in [0, 0.1) is 0 Å². The van der Waals surface area contributed by atoms with Gasteiger partial charge in [-0.25, -0.2) is 4.79 Å². The Balaban J connectivity index is 2.58. The first kappa shape index (κ1) is 13.4. The minimum atomic E-state index is -0.607. The topological polar surface area (TPSA) is 63.6 Å². The highest BCUT2D eigenvalue weighted by molar-refractivity contribution is 6.67. The van der Waals surface area contributed by atoms with Gasteiger partial charge in [0.05, 0.1) is 6.61 Å². The number of phenols is 1. The second-order valence-corrected chi connectivity index (χ2v) is 4.27. The molecule has 0 atom stereocenters. The van der Waals surface area contributed by atoms with Gasteiger partial charge < -0.3 is 9.84 Å². The van der Waals surface area contributed by atoms with Gasteiger partial charge in [0.15, 0.2) is 0 Å². The summed E-state index contributed by atoms with van der Waals surface area (Å²) in [4.78, 5) is 22.8. The number of fused-ring (bicyclic) bond motifs is 1. The van der Waals surface area contributed by atoms with Gasteiger partial charge in [-0.1, -0.05) is 6.07 Å². The highest BCUT2D eigenvalue weighted by Gasteiger charge is 2.14. The molecule has 0 amide bonds. The van der Waals surface area contributed by atoms with Crippen LogP contribution in [0.5, 0.6) is 5.75 Å². The summed E-state index contributed by atoms with van der Waals surface area (Å²) in [5, 5.41) is 10.5. The van der Waals surface area contributed by atoms with Crippen LogP contribution in [0.25, 0.3) is 10.8 Å². The van der Waals surface area contributed by atoms with Gasteiger partial charge in [-0.05, 0) is 53.6 Å². The van der Waals surface area contributed by atoms with Gasteiger partial charge >= 0.3 is 5.97 Å². The molecule has 0 heterocycles. The van der Waals surface area contributed by atoms with E-state index in [4.69, 9.17) is 16.3 Å². The highest BCUT2D eigenvalue weighted by Crippen LogP contribution is 2.27. The zero-order chi connectivity index (χ0) is 14.0. The maximum atomic E-state index is 11.7. The lowest BCUT2D eigenvalue weighted by Crippen LogP contribution is -2.05. The summed E-state index contributed by atoms with van der Waals surface area (Å²) in [7, 11) is 0. The van der Waals surface area contributed by atoms with Gasteiger partial charge in [-0.3, -0.25) is 4.79 Å². The summed E-state index contributed by atoms with van der Waals surface area (Å²) in [6.45, 7) is 1.90. The molecule has 0 saturated heterocycles. The lowest BCUT2D eigenvalue weighted by molar-refractivity contribution is 0.0523. The van der Waals surface area contributed by atoms with Gasteiger partial charge in [0.2, 0.25) is 0 Å². The Morgan fingerprint density at radius 2 is 1.95 bits per heavy atom. The summed E-state index contributed by atoms with van der Waals surface area (Å²) in [5.74, 6) is -0.764. The number of aromatic hydroxyl groups is 1. The van der Waals surface area contributed by atoms with Crippen LogP contribution in [0.15, 0.2) is 30.3 Å². The summed E-state index contributed by atoms with van der Waals surface area (Å²) < 4.78 is 4.84. The predicted molar refractivity (Wildman–Crippen MR) is 71.8 cm³/mol. The molecular weight excluding hydrogens is 268 g/mol. The first-order valence-electron chi connectivity index (χ1n) is 5.66. The van der Waals surface area contributed by atoms with Crippen LogP contribution in [0.1, 0.15) is 27.6 Å². The minimum absolute atomic E-state index is 0.0634. The molecule has 2 rings (SSSR count). The molecule has 2 aromatic carbocycles. The fourth-order valence-electron chi connectivity index (χ4n) is 1.78. The quantitative estimate of drug-likeness (QED) is 0.692. The maximum absolute atomic E-state index is 11.7. The lowest BCUT2D eigenvalue weighted by atomic mass is 10.0. The average molecular weight is 279 g/mol. The van der Waals surface area contributed by atoms with Gasteiger partial charge in [0.1, 0.15) is 11.3 Å². The molecule has 19 heavy (non-hydrogen) atoms. The van der Waals surface area contributed by atoms with Gasteiger partial charge in [-0.15, -0.1) is 0 Å². The summed E-state index contributed by atoms with van der Waals surface area (Å²) >= 11 is 5.41. The number of ether oxygens (including phenoxy) is 1. The normalized spacial score (nSPS) is 10.4. The third-order valence-electron chi connectivity index (χ3n) is 2.68. The second-order valence-electron chi connectivity index (χ2n) is 3.93. The largest absolute Gasteiger partial charge is 0.507 e. The third-order valence-corrected chi connectivity index (χ3v) is 2.90. The number of carbonyl (C=O) groups is 2. The molecule has 0 aliphatic carbocycles. The van der Waals surface area contributed by atoms with Crippen molar-refractivity contribution in [3.63, 3.8) is 0 Å². The molecule has 5 heteroatoms. The first-order chi connectivity index (χ1) is 9.02. The molecule has 0 unspecified atom stereocenters. The summed E-state index contributed by atoms with van der Waals surface area (Å²) in [6, 6.07) is 7.70. The van der Waals surface area contributed by atoms with Crippen LogP contribution >= 0.6 is 11.6 Å². The van der Waals surface area contributed by atoms with E-state index in [1.165, 1.54) is 12.1 Å². The zero-order valence-corrected chi connectivity index (χ0v) is 10.9. The van der Waals surface area contributed by atoms with Crippen LogP contribution in [0.4, 0.5) is 0 Å². The third kappa shape index (κ3) is 2.69. The van der Waals surface area contributed by atoms with E-state index in [-0.39, 0.29) is 17.9 Å². The molecule has 0 aromatic heterocycles. The minimum Gasteiger partial charge on any atom is -0.507 e. The molecule has 0 radical (unpaired) electrons. The fourth-order valence-corrected chi connectivity index (χ4v) is 1.90. The van der Waals surface area contributed by atoms with Crippen LogP contribution < -0.4 is 0 Å². The molecule has 0 saturated carbocycles. The van der Waals surface area contributed by atoms with E-state index in [0.717, 1.165) is 0 Å². The number of phenolic OH excluding ortho intramolecular Hbond substituents is 1. The van der Waals surface area contributed by atoms with Gasteiger partial charge in [0, 0.05) is 5.56 Å². The zero-order valence-electron chi connectivity index (χ0n) is 10.1. The number of rotatable bonds is 3. The smallest absolute Gasteiger partial charge is 0.341 e.